The van der Waals surface area contributed by atoms with Crippen molar-refractivity contribution in [1.29, 1.82) is 0 Å². The molecule has 1 aromatic carbocycles. The molecule has 1 aliphatic carbocycles. The Hall–Kier alpha value is -2.92. The number of aromatic nitrogens is 4. The molecular formula is C21H22ClF3N6O2. The highest BCUT2D eigenvalue weighted by molar-refractivity contribution is 6.31. The molecule has 1 N–H and O–H groups in total. The number of nitrogens with zero attached hydrogens (tertiary/aromatic N) is 5. The number of hydrogen-bond donors (Lipinski definition) is 1. The second-order valence-electron chi connectivity index (χ2n) is 8.20. The van der Waals surface area contributed by atoms with Crippen LogP contribution in [0.4, 0.5) is 13.2 Å². The summed E-state index contributed by atoms with van der Waals surface area (Å²) < 4.78 is 46.8. The Kier molecular flexibility index (Phi) is 6.44. The minimum Gasteiger partial charge on any atom is -0.353 e. The van der Waals surface area contributed by atoms with Gasteiger partial charge in [0.1, 0.15) is 18.1 Å². The van der Waals surface area contributed by atoms with Crippen molar-refractivity contribution in [3.8, 4) is 11.6 Å². The highest BCUT2D eigenvalue weighted by atomic mass is 35.5. The smallest absolute Gasteiger partial charge is 0.280 e. The van der Waals surface area contributed by atoms with E-state index in [0.29, 0.717) is 37.3 Å². The minimum absolute atomic E-state index is 0.0335. The van der Waals surface area contributed by atoms with Gasteiger partial charge in [-0.05, 0) is 50.7 Å². The standard InChI is InChI=1S/C21H22ClF3N6O2/c1-30(2)8-7-26-17(32)11-31-16(18(24)25)10-15(28-31)19-27-20(29-33-19)21(5-6-21)13-4-3-12(23)9-14(13)22/h3-4,9-10,18H,5-8,11H2,1-2H3,(H,26,32). The number of carbonyl (C=O) groups is 1. The first-order valence-electron chi connectivity index (χ1n) is 10.3. The normalized spacial score (nSPS) is 14.8. The first-order chi connectivity index (χ1) is 15.7. The highest BCUT2D eigenvalue weighted by Crippen LogP contribution is 2.54. The monoisotopic (exact) mass is 482 g/mol. The molecule has 8 nitrogen and oxygen atoms in total. The Morgan fingerprint density at radius 2 is 2.09 bits per heavy atom. The van der Waals surface area contributed by atoms with Crippen LogP contribution in [0.2, 0.25) is 5.02 Å². The van der Waals surface area contributed by atoms with Gasteiger partial charge in [-0.2, -0.15) is 10.1 Å². The van der Waals surface area contributed by atoms with Crippen LogP contribution in [0.15, 0.2) is 28.8 Å². The molecular weight excluding hydrogens is 461 g/mol. The van der Waals surface area contributed by atoms with Gasteiger partial charge in [0.2, 0.25) is 5.91 Å². The average Bonchev–Trinajstić information content (AvgIpc) is 3.18. The zero-order chi connectivity index (χ0) is 23.8. The molecule has 2 aromatic heterocycles. The third-order valence-electron chi connectivity index (χ3n) is 5.48. The fourth-order valence-electron chi connectivity index (χ4n) is 3.59. The van der Waals surface area contributed by atoms with Gasteiger partial charge >= 0.3 is 0 Å². The van der Waals surface area contributed by atoms with Gasteiger partial charge in [0.25, 0.3) is 12.3 Å². The Balaban J connectivity index is 1.56. The molecule has 0 aliphatic heterocycles. The molecule has 1 saturated carbocycles. The van der Waals surface area contributed by atoms with E-state index in [9.17, 15) is 18.0 Å². The summed E-state index contributed by atoms with van der Waals surface area (Å²) in [5.41, 5.74) is -0.347. The molecule has 0 atom stereocenters. The predicted molar refractivity (Wildman–Crippen MR) is 113 cm³/mol. The number of nitrogens with one attached hydrogen (secondary N) is 1. The number of alkyl halides is 2. The molecule has 0 unspecified atom stereocenters. The van der Waals surface area contributed by atoms with E-state index in [-0.39, 0.29) is 23.2 Å². The van der Waals surface area contributed by atoms with Crippen LogP contribution in [-0.2, 0) is 16.8 Å². The van der Waals surface area contributed by atoms with E-state index in [1.807, 2.05) is 19.0 Å². The lowest BCUT2D eigenvalue weighted by Crippen LogP contribution is -2.34. The third-order valence-corrected chi connectivity index (χ3v) is 5.79. The van der Waals surface area contributed by atoms with Crippen molar-refractivity contribution < 1.29 is 22.5 Å². The summed E-state index contributed by atoms with van der Waals surface area (Å²) in [6.45, 7) is 0.622. The maximum Gasteiger partial charge on any atom is 0.280 e. The van der Waals surface area contributed by atoms with Crippen LogP contribution in [0.5, 0.6) is 0 Å². The third kappa shape index (κ3) is 4.88. The van der Waals surface area contributed by atoms with Crippen molar-refractivity contribution >= 4 is 17.5 Å². The lowest BCUT2D eigenvalue weighted by molar-refractivity contribution is -0.121. The van der Waals surface area contributed by atoms with Crippen LogP contribution >= 0.6 is 11.6 Å². The van der Waals surface area contributed by atoms with Gasteiger partial charge in [0, 0.05) is 18.1 Å². The van der Waals surface area contributed by atoms with Crippen LogP contribution in [0.1, 0.15) is 36.3 Å². The summed E-state index contributed by atoms with van der Waals surface area (Å²) in [5, 5.41) is 11.0. The van der Waals surface area contributed by atoms with E-state index in [0.717, 1.165) is 10.7 Å². The van der Waals surface area contributed by atoms with Crippen molar-refractivity contribution in [2.45, 2.75) is 31.2 Å². The Labute approximate surface area is 192 Å². The number of rotatable bonds is 9. The Bertz CT molecular complexity index is 1160. The fourth-order valence-corrected chi connectivity index (χ4v) is 3.93. The van der Waals surface area contributed by atoms with E-state index >= 15 is 0 Å². The number of likely N-dealkylation sites (N-methyl/N-ethyl adjacent to an activating group) is 1. The van der Waals surface area contributed by atoms with Gasteiger partial charge in [-0.25, -0.2) is 13.2 Å². The summed E-state index contributed by atoms with van der Waals surface area (Å²) >= 11 is 6.22. The van der Waals surface area contributed by atoms with E-state index in [1.54, 1.807) is 6.07 Å². The highest BCUT2D eigenvalue weighted by Gasteiger charge is 2.51. The van der Waals surface area contributed by atoms with Gasteiger partial charge in [0.05, 0.1) is 5.41 Å². The molecule has 0 radical (unpaired) electrons. The number of carbonyl (C=O) groups excluding carboxylic acids is 1. The molecule has 1 aliphatic rings. The fraction of sp³-hybridized carbons (Fsp3) is 0.429. The average molecular weight is 483 g/mol. The molecule has 0 spiro atoms. The number of hydrogen-bond acceptors (Lipinski definition) is 6. The largest absolute Gasteiger partial charge is 0.353 e. The Morgan fingerprint density at radius 1 is 1.33 bits per heavy atom. The van der Waals surface area contributed by atoms with Crippen molar-refractivity contribution in [3.05, 3.63) is 52.2 Å². The summed E-state index contributed by atoms with van der Waals surface area (Å²) in [6, 6.07) is 5.24. The zero-order valence-electron chi connectivity index (χ0n) is 18.0. The van der Waals surface area contributed by atoms with Crippen LogP contribution in [-0.4, -0.2) is 57.9 Å². The van der Waals surface area contributed by atoms with E-state index < -0.39 is 29.3 Å². The lowest BCUT2D eigenvalue weighted by atomic mass is 9.95. The SMILES string of the molecule is CN(C)CCNC(=O)Cn1nc(-c2nc(C3(c4ccc(F)cc4Cl)CC3)no2)cc1C(F)F. The number of benzene rings is 1. The summed E-state index contributed by atoms with van der Waals surface area (Å²) in [7, 11) is 3.71. The topological polar surface area (TPSA) is 89.1 Å². The predicted octanol–water partition coefficient (Wildman–Crippen LogP) is 3.42. The van der Waals surface area contributed by atoms with E-state index in [2.05, 4.69) is 20.6 Å². The molecule has 1 amide bonds. The summed E-state index contributed by atoms with van der Waals surface area (Å²) in [5.74, 6) is -0.629. The van der Waals surface area contributed by atoms with Gasteiger partial charge in [-0.1, -0.05) is 22.8 Å². The molecule has 176 valence electrons. The van der Waals surface area contributed by atoms with E-state index in [1.165, 1.54) is 12.1 Å². The van der Waals surface area contributed by atoms with Gasteiger partial charge < -0.3 is 14.7 Å². The Morgan fingerprint density at radius 3 is 2.73 bits per heavy atom. The second kappa shape index (κ2) is 9.14. The number of amides is 1. The zero-order valence-corrected chi connectivity index (χ0v) is 18.7. The van der Waals surface area contributed by atoms with Gasteiger partial charge in [0.15, 0.2) is 11.5 Å². The minimum atomic E-state index is -2.85. The molecule has 12 heteroatoms. The van der Waals surface area contributed by atoms with Crippen molar-refractivity contribution in [2.75, 3.05) is 27.2 Å². The van der Waals surface area contributed by atoms with Crippen LogP contribution in [0.3, 0.4) is 0 Å². The maximum atomic E-state index is 13.6. The molecule has 0 bridgehead atoms. The van der Waals surface area contributed by atoms with Gasteiger partial charge in [-0.3, -0.25) is 9.48 Å². The van der Waals surface area contributed by atoms with Crippen molar-refractivity contribution in [3.63, 3.8) is 0 Å². The molecule has 33 heavy (non-hydrogen) atoms. The van der Waals surface area contributed by atoms with Crippen LogP contribution in [0.25, 0.3) is 11.6 Å². The lowest BCUT2D eigenvalue weighted by Gasteiger charge is -2.12. The molecule has 3 aromatic rings. The van der Waals surface area contributed by atoms with Crippen molar-refractivity contribution in [2.24, 2.45) is 0 Å². The van der Waals surface area contributed by atoms with Gasteiger partial charge in [-0.15, -0.1) is 0 Å². The quantitative estimate of drug-likeness (QED) is 0.502. The number of halogens is 4. The van der Waals surface area contributed by atoms with Crippen LogP contribution in [0, 0.1) is 5.82 Å². The van der Waals surface area contributed by atoms with Crippen molar-refractivity contribution in [1.82, 2.24) is 30.1 Å². The molecule has 1 fully saturated rings. The maximum absolute atomic E-state index is 13.6. The van der Waals surface area contributed by atoms with E-state index in [4.69, 9.17) is 16.1 Å². The second-order valence-corrected chi connectivity index (χ2v) is 8.60. The summed E-state index contributed by atoms with van der Waals surface area (Å²) in [4.78, 5) is 18.4. The van der Waals surface area contributed by atoms with Crippen LogP contribution < -0.4 is 5.32 Å². The first kappa shape index (κ1) is 23.2. The first-order valence-corrected chi connectivity index (χ1v) is 10.6. The molecule has 0 saturated heterocycles. The molecule has 2 heterocycles. The molecule has 4 rings (SSSR count). The summed E-state index contributed by atoms with van der Waals surface area (Å²) in [6.07, 6.45) is -1.49.